The highest BCUT2D eigenvalue weighted by Crippen LogP contribution is 2.22. The van der Waals surface area contributed by atoms with E-state index in [4.69, 9.17) is 11.6 Å². The maximum atomic E-state index is 13.1. The minimum atomic E-state index is -0.522. The highest BCUT2D eigenvalue weighted by Gasteiger charge is 2.26. The van der Waals surface area contributed by atoms with Gasteiger partial charge < -0.3 is 10.2 Å². The van der Waals surface area contributed by atoms with Crippen LogP contribution in [0, 0.1) is 6.92 Å². The molecule has 0 heterocycles. The first-order valence-electron chi connectivity index (χ1n) is 10.8. The van der Waals surface area contributed by atoms with Gasteiger partial charge >= 0.3 is 0 Å². The Morgan fingerprint density at radius 1 is 1.13 bits per heavy atom. The summed E-state index contributed by atoms with van der Waals surface area (Å²) in [4.78, 5) is 28.7. The summed E-state index contributed by atoms with van der Waals surface area (Å²) >= 11 is 7.64. The highest BCUT2D eigenvalue weighted by molar-refractivity contribution is 7.99. The van der Waals surface area contributed by atoms with E-state index in [2.05, 4.69) is 11.4 Å². The van der Waals surface area contributed by atoms with Gasteiger partial charge in [0.05, 0.1) is 0 Å². The number of carbonyl (C=O) groups excluding carboxylic acids is 2. The lowest BCUT2D eigenvalue weighted by Gasteiger charge is -2.30. The van der Waals surface area contributed by atoms with Gasteiger partial charge in [0.15, 0.2) is 0 Å². The smallest absolute Gasteiger partial charge is 0.242 e. The maximum absolute atomic E-state index is 13.1. The third-order valence-electron chi connectivity index (χ3n) is 5.22. The van der Waals surface area contributed by atoms with Crippen LogP contribution in [0.25, 0.3) is 0 Å². The molecule has 0 saturated carbocycles. The van der Waals surface area contributed by atoms with Gasteiger partial charge in [0.2, 0.25) is 11.8 Å². The van der Waals surface area contributed by atoms with E-state index in [1.807, 2.05) is 70.2 Å². The molecular weight excluding hydrogens is 428 g/mol. The lowest BCUT2D eigenvalue weighted by molar-refractivity contribution is -0.140. The van der Waals surface area contributed by atoms with E-state index < -0.39 is 6.04 Å². The van der Waals surface area contributed by atoms with Crippen molar-refractivity contribution in [3.63, 3.8) is 0 Å². The summed E-state index contributed by atoms with van der Waals surface area (Å²) in [5, 5.41) is 3.73. The molecule has 0 saturated heterocycles. The lowest BCUT2D eigenvalue weighted by atomic mass is 10.1. The van der Waals surface area contributed by atoms with Gasteiger partial charge in [-0.25, -0.2) is 0 Å². The van der Waals surface area contributed by atoms with Crippen molar-refractivity contribution >= 4 is 35.2 Å². The van der Waals surface area contributed by atoms with Crippen LogP contribution < -0.4 is 5.32 Å². The van der Waals surface area contributed by atoms with E-state index in [0.717, 1.165) is 39.6 Å². The maximum Gasteiger partial charge on any atom is 0.242 e. The second kappa shape index (κ2) is 12.8. The summed E-state index contributed by atoms with van der Waals surface area (Å²) in [6.45, 7) is 8.28. The van der Waals surface area contributed by atoms with Gasteiger partial charge in [-0.05, 0) is 69.2 Å². The Bertz CT molecular complexity index is 857. The third-order valence-corrected chi connectivity index (χ3v) is 6.57. The minimum absolute atomic E-state index is 0.00464. The van der Waals surface area contributed by atoms with Crippen LogP contribution in [-0.4, -0.2) is 34.6 Å². The molecule has 2 atom stereocenters. The fraction of sp³-hybridized carbons (Fsp3) is 0.440. The number of hydrogen-bond acceptors (Lipinski definition) is 3. The first-order chi connectivity index (χ1) is 14.8. The molecule has 2 aromatic rings. The molecule has 0 aliphatic carbocycles. The predicted octanol–water partition coefficient (Wildman–Crippen LogP) is 5.85. The van der Waals surface area contributed by atoms with E-state index >= 15 is 0 Å². The Kier molecular flexibility index (Phi) is 10.4. The largest absolute Gasteiger partial charge is 0.352 e. The van der Waals surface area contributed by atoms with Crippen molar-refractivity contribution in [2.24, 2.45) is 0 Å². The van der Waals surface area contributed by atoms with Crippen molar-refractivity contribution in [1.82, 2.24) is 10.2 Å². The van der Waals surface area contributed by atoms with E-state index in [-0.39, 0.29) is 17.9 Å². The van der Waals surface area contributed by atoms with Gasteiger partial charge in [-0.2, -0.15) is 0 Å². The first-order valence-corrected chi connectivity index (χ1v) is 12.2. The number of thioether (sulfide) groups is 1. The van der Waals surface area contributed by atoms with Gasteiger partial charge in [-0.15, -0.1) is 11.8 Å². The molecule has 0 aliphatic heterocycles. The second-order valence-corrected chi connectivity index (χ2v) is 9.52. The Labute approximate surface area is 195 Å². The molecule has 2 amide bonds. The van der Waals surface area contributed by atoms with Crippen LogP contribution in [0.3, 0.4) is 0 Å². The van der Waals surface area contributed by atoms with Crippen molar-refractivity contribution in [1.29, 1.82) is 0 Å². The summed E-state index contributed by atoms with van der Waals surface area (Å²) in [5.41, 5.74) is 2.17. The molecule has 0 unspecified atom stereocenters. The first kappa shape index (κ1) is 25.3. The van der Waals surface area contributed by atoms with Crippen molar-refractivity contribution < 1.29 is 9.59 Å². The van der Waals surface area contributed by atoms with Crippen molar-refractivity contribution in [2.75, 3.05) is 5.75 Å². The van der Waals surface area contributed by atoms with Crippen LogP contribution >= 0.6 is 23.4 Å². The predicted molar refractivity (Wildman–Crippen MR) is 130 cm³/mol. The van der Waals surface area contributed by atoms with Crippen LogP contribution in [-0.2, 0) is 16.1 Å². The zero-order valence-corrected chi connectivity index (χ0v) is 20.4. The molecule has 168 valence electrons. The molecule has 2 aromatic carbocycles. The molecule has 6 heteroatoms. The average Bonchev–Trinajstić information content (AvgIpc) is 2.75. The van der Waals surface area contributed by atoms with E-state index in [9.17, 15) is 9.59 Å². The average molecular weight is 461 g/mol. The van der Waals surface area contributed by atoms with Gasteiger partial charge in [-0.1, -0.05) is 48.4 Å². The molecule has 0 radical (unpaired) electrons. The summed E-state index contributed by atoms with van der Waals surface area (Å²) in [6, 6.07) is 15.4. The van der Waals surface area contributed by atoms with Crippen LogP contribution in [0.15, 0.2) is 53.4 Å². The van der Waals surface area contributed by atoms with Crippen LogP contribution in [0.4, 0.5) is 0 Å². The molecule has 0 fully saturated rings. The normalized spacial score (nSPS) is 12.8. The quantitative estimate of drug-likeness (QED) is 0.338. The van der Waals surface area contributed by atoms with Crippen LogP contribution in [0.2, 0.25) is 5.02 Å². The fourth-order valence-corrected chi connectivity index (χ4v) is 4.12. The number of carbonyl (C=O) groups is 2. The number of rotatable bonds is 11. The summed E-state index contributed by atoms with van der Waals surface area (Å²) in [5.74, 6) is 0.731. The van der Waals surface area contributed by atoms with Crippen molar-refractivity contribution in [3.05, 3.63) is 64.7 Å². The molecule has 1 N–H and O–H groups in total. The fourth-order valence-electron chi connectivity index (χ4n) is 3.14. The van der Waals surface area contributed by atoms with Crippen molar-refractivity contribution in [3.8, 4) is 0 Å². The number of halogens is 1. The van der Waals surface area contributed by atoms with Gasteiger partial charge in [0.25, 0.3) is 0 Å². The molecule has 0 aliphatic rings. The number of amides is 2. The number of nitrogens with one attached hydrogen (secondary N) is 1. The molecule has 31 heavy (non-hydrogen) atoms. The van der Waals surface area contributed by atoms with Gasteiger partial charge in [0.1, 0.15) is 6.04 Å². The van der Waals surface area contributed by atoms with Crippen LogP contribution in [0.1, 0.15) is 51.2 Å². The van der Waals surface area contributed by atoms with Crippen molar-refractivity contribution in [2.45, 2.75) is 70.5 Å². The van der Waals surface area contributed by atoms with Crippen LogP contribution in [0.5, 0.6) is 0 Å². The molecule has 4 nitrogen and oxygen atoms in total. The molecule has 0 spiro atoms. The SMILES string of the molecule is CC[C@H](C)NC(=O)[C@H](C)N(Cc1cccc(C)c1)C(=O)CCCSc1ccc(Cl)cc1. The lowest BCUT2D eigenvalue weighted by Crippen LogP contribution is -2.49. The summed E-state index contributed by atoms with van der Waals surface area (Å²) in [7, 11) is 0. The summed E-state index contributed by atoms with van der Waals surface area (Å²) in [6.07, 6.45) is 2.01. The second-order valence-electron chi connectivity index (χ2n) is 7.91. The van der Waals surface area contributed by atoms with E-state index in [0.29, 0.717) is 13.0 Å². The zero-order chi connectivity index (χ0) is 22.8. The Hall–Kier alpha value is -1.98. The Morgan fingerprint density at radius 3 is 2.48 bits per heavy atom. The van der Waals surface area contributed by atoms with Gasteiger partial charge in [0, 0.05) is 28.9 Å². The zero-order valence-electron chi connectivity index (χ0n) is 18.9. The molecule has 2 rings (SSSR count). The highest BCUT2D eigenvalue weighted by atomic mass is 35.5. The third kappa shape index (κ3) is 8.58. The Balaban J connectivity index is 2.00. The number of aryl methyl sites for hydroxylation is 1. The number of nitrogens with zero attached hydrogens (tertiary/aromatic N) is 1. The van der Waals surface area contributed by atoms with Gasteiger partial charge in [-0.3, -0.25) is 9.59 Å². The summed E-state index contributed by atoms with van der Waals surface area (Å²) < 4.78 is 0. The molecule has 0 aromatic heterocycles. The van der Waals surface area contributed by atoms with E-state index in [1.54, 1.807) is 16.7 Å². The number of benzene rings is 2. The standard InChI is InChI=1S/C25H33ClN2O2S/c1-5-19(3)27-25(30)20(4)28(17-21-9-6-8-18(2)16-21)24(29)10-7-15-31-23-13-11-22(26)12-14-23/h6,8-9,11-14,16,19-20H,5,7,10,15,17H2,1-4H3,(H,27,30)/t19-,20-/m0/s1. The topological polar surface area (TPSA) is 49.4 Å². The monoisotopic (exact) mass is 460 g/mol. The Morgan fingerprint density at radius 2 is 1.84 bits per heavy atom. The van der Waals surface area contributed by atoms with E-state index in [1.165, 1.54) is 0 Å². The minimum Gasteiger partial charge on any atom is -0.352 e. The molecular formula is C25H33ClN2O2S. The number of hydrogen-bond donors (Lipinski definition) is 1. The molecule has 0 bridgehead atoms.